The van der Waals surface area contributed by atoms with E-state index >= 15 is 0 Å². The Hall–Kier alpha value is -2.31. The van der Waals surface area contributed by atoms with Crippen molar-refractivity contribution in [2.24, 2.45) is 0 Å². The number of aromatic carboxylic acids is 1. The molecule has 2 aromatic rings. The second kappa shape index (κ2) is 5.15. The van der Waals surface area contributed by atoms with Crippen molar-refractivity contribution < 1.29 is 23.1 Å². The first-order valence-electron chi connectivity index (χ1n) is 6.51. The van der Waals surface area contributed by atoms with Gasteiger partial charge < -0.3 is 5.11 Å². The van der Waals surface area contributed by atoms with E-state index in [-0.39, 0.29) is 11.1 Å². The summed E-state index contributed by atoms with van der Waals surface area (Å²) in [4.78, 5) is 10.9. The molecule has 7 heteroatoms. The molecular formula is C15H15F3N2O2. The molecule has 0 aliphatic carbocycles. The number of hydrogen-bond acceptors (Lipinski definition) is 2. The molecule has 2 rings (SSSR count). The van der Waals surface area contributed by atoms with Gasteiger partial charge >= 0.3 is 12.1 Å². The molecule has 0 amide bonds. The van der Waals surface area contributed by atoms with Crippen molar-refractivity contribution in [1.29, 1.82) is 0 Å². The molecule has 0 unspecified atom stereocenters. The van der Waals surface area contributed by atoms with E-state index in [1.807, 2.05) is 20.8 Å². The molecule has 0 bridgehead atoms. The van der Waals surface area contributed by atoms with E-state index in [0.29, 0.717) is 10.9 Å². The van der Waals surface area contributed by atoms with Gasteiger partial charge in [-0.3, -0.25) is 0 Å². The summed E-state index contributed by atoms with van der Waals surface area (Å²) < 4.78 is 40.0. The van der Waals surface area contributed by atoms with E-state index in [2.05, 4.69) is 5.10 Å². The molecule has 0 atom stereocenters. The van der Waals surface area contributed by atoms with Crippen LogP contribution in [0.1, 0.15) is 42.4 Å². The second-order valence-electron chi connectivity index (χ2n) is 5.92. The maximum absolute atomic E-state index is 13.1. The van der Waals surface area contributed by atoms with E-state index in [0.717, 1.165) is 5.56 Å². The quantitative estimate of drug-likeness (QED) is 0.915. The van der Waals surface area contributed by atoms with Gasteiger partial charge in [-0.1, -0.05) is 32.9 Å². The predicted molar refractivity (Wildman–Crippen MR) is 74.2 cm³/mol. The van der Waals surface area contributed by atoms with Crippen LogP contribution in [0.4, 0.5) is 13.2 Å². The van der Waals surface area contributed by atoms with Crippen LogP contribution in [0.3, 0.4) is 0 Å². The van der Waals surface area contributed by atoms with E-state index in [1.165, 1.54) is 12.1 Å². The highest BCUT2D eigenvalue weighted by Crippen LogP contribution is 2.34. The average molecular weight is 312 g/mol. The van der Waals surface area contributed by atoms with Crippen molar-refractivity contribution in [3.05, 3.63) is 47.3 Å². The summed E-state index contributed by atoms with van der Waals surface area (Å²) in [6.45, 7) is 5.96. The van der Waals surface area contributed by atoms with Crippen LogP contribution in [0.2, 0.25) is 0 Å². The molecule has 118 valence electrons. The Morgan fingerprint density at radius 3 is 2.09 bits per heavy atom. The summed E-state index contributed by atoms with van der Waals surface area (Å²) >= 11 is 0. The van der Waals surface area contributed by atoms with Gasteiger partial charge in [0.05, 0.1) is 11.9 Å². The molecule has 0 aliphatic heterocycles. The lowest BCUT2D eigenvalue weighted by molar-refractivity contribution is -0.143. The monoisotopic (exact) mass is 312 g/mol. The van der Waals surface area contributed by atoms with Gasteiger partial charge in [0.1, 0.15) is 5.56 Å². The van der Waals surface area contributed by atoms with E-state index in [9.17, 15) is 18.0 Å². The summed E-state index contributed by atoms with van der Waals surface area (Å²) in [6, 6.07) is 6.40. The Morgan fingerprint density at radius 1 is 1.14 bits per heavy atom. The number of hydrogen-bond donors (Lipinski definition) is 1. The van der Waals surface area contributed by atoms with Crippen LogP contribution in [-0.2, 0) is 11.6 Å². The molecule has 0 saturated carbocycles. The molecule has 0 spiro atoms. The first kappa shape index (κ1) is 16.1. The van der Waals surface area contributed by atoms with Crippen LogP contribution in [0.25, 0.3) is 5.69 Å². The van der Waals surface area contributed by atoms with Crippen molar-refractivity contribution >= 4 is 5.97 Å². The molecule has 1 aromatic heterocycles. The zero-order chi connectivity index (χ0) is 16.7. The number of aromatic nitrogens is 2. The van der Waals surface area contributed by atoms with Gasteiger partial charge in [-0.25, -0.2) is 9.48 Å². The topological polar surface area (TPSA) is 55.1 Å². The number of carbonyl (C=O) groups is 1. The van der Waals surface area contributed by atoms with Crippen molar-refractivity contribution in [3.63, 3.8) is 0 Å². The molecule has 22 heavy (non-hydrogen) atoms. The first-order valence-corrected chi connectivity index (χ1v) is 6.51. The summed E-state index contributed by atoms with van der Waals surface area (Å²) in [5.41, 5.74) is -1.18. The Morgan fingerprint density at radius 2 is 1.68 bits per heavy atom. The van der Waals surface area contributed by atoms with Crippen LogP contribution in [0.5, 0.6) is 0 Å². The predicted octanol–water partition coefficient (Wildman–Crippen LogP) is 3.89. The zero-order valence-electron chi connectivity index (χ0n) is 12.3. The lowest BCUT2D eigenvalue weighted by atomic mass is 9.87. The van der Waals surface area contributed by atoms with Crippen LogP contribution in [0, 0.1) is 0 Å². The molecule has 0 fully saturated rings. The molecule has 0 radical (unpaired) electrons. The number of halogens is 3. The first-order chi connectivity index (χ1) is 10.0. The molecule has 1 aromatic carbocycles. The Kier molecular flexibility index (Phi) is 3.76. The van der Waals surface area contributed by atoms with Crippen molar-refractivity contribution in [1.82, 2.24) is 9.78 Å². The largest absolute Gasteiger partial charge is 0.478 e. The highest BCUT2D eigenvalue weighted by atomic mass is 19.4. The van der Waals surface area contributed by atoms with Gasteiger partial charge in [-0.05, 0) is 23.1 Å². The lowest BCUT2D eigenvalue weighted by Crippen LogP contribution is -2.17. The number of rotatable bonds is 2. The highest BCUT2D eigenvalue weighted by Gasteiger charge is 2.40. The minimum atomic E-state index is -4.81. The fourth-order valence-corrected chi connectivity index (χ4v) is 2.08. The normalized spacial score (nSPS) is 12.5. The SMILES string of the molecule is CC(C)(C)c1ccc(-n2ncc(C(=O)O)c2C(F)(F)F)cc1. The maximum atomic E-state index is 13.1. The van der Waals surface area contributed by atoms with Crippen LogP contribution < -0.4 is 0 Å². The minimum Gasteiger partial charge on any atom is -0.478 e. The van der Waals surface area contributed by atoms with Gasteiger partial charge in [0.25, 0.3) is 0 Å². The molecule has 1 N–H and O–H groups in total. The van der Waals surface area contributed by atoms with Gasteiger partial charge in [0.15, 0.2) is 5.69 Å². The number of carboxylic acid groups (broad SMARTS) is 1. The molecular weight excluding hydrogens is 297 g/mol. The third kappa shape index (κ3) is 2.98. The third-order valence-electron chi connectivity index (χ3n) is 3.25. The zero-order valence-corrected chi connectivity index (χ0v) is 12.3. The van der Waals surface area contributed by atoms with Crippen molar-refractivity contribution in [2.75, 3.05) is 0 Å². The third-order valence-corrected chi connectivity index (χ3v) is 3.25. The smallest absolute Gasteiger partial charge is 0.434 e. The fourth-order valence-electron chi connectivity index (χ4n) is 2.08. The Balaban J connectivity index is 2.56. The number of alkyl halides is 3. The van der Waals surface area contributed by atoms with Crippen molar-refractivity contribution in [3.8, 4) is 5.69 Å². The number of nitrogens with zero attached hydrogens (tertiary/aromatic N) is 2. The molecule has 0 saturated heterocycles. The highest BCUT2D eigenvalue weighted by molar-refractivity contribution is 5.89. The van der Waals surface area contributed by atoms with E-state index in [4.69, 9.17) is 5.11 Å². The number of benzene rings is 1. The minimum absolute atomic E-state index is 0.137. The summed E-state index contributed by atoms with van der Waals surface area (Å²) in [7, 11) is 0. The van der Waals surface area contributed by atoms with Crippen molar-refractivity contribution in [2.45, 2.75) is 32.4 Å². The Labute approximate surface area is 125 Å². The van der Waals surface area contributed by atoms with Gasteiger partial charge in [-0.15, -0.1) is 0 Å². The van der Waals surface area contributed by atoms with Gasteiger partial charge in [-0.2, -0.15) is 18.3 Å². The summed E-state index contributed by atoms with van der Waals surface area (Å²) in [5.74, 6) is -1.66. The van der Waals surface area contributed by atoms with Crippen LogP contribution >= 0.6 is 0 Å². The van der Waals surface area contributed by atoms with Crippen LogP contribution in [0.15, 0.2) is 30.5 Å². The molecule has 1 heterocycles. The standard InChI is InChI=1S/C15H15F3N2O2/c1-14(2,3)9-4-6-10(7-5-9)20-12(15(16,17)18)11(8-19-20)13(21)22/h4-8H,1-3H3,(H,21,22). The Bertz CT molecular complexity index is 695. The van der Waals surface area contributed by atoms with Gasteiger partial charge in [0.2, 0.25) is 0 Å². The van der Waals surface area contributed by atoms with Crippen LogP contribution in [-0.4, -0.2) is 20.9 Å². The fraction of sp³-hybridized carbons (Fsp3) is 0.333. The summed E-state index contributed by atoms with van der Waals surface area (Å²) in [6.07, 6.45) is -4.10. The summed E-state index contributed by atoms with van der Waals surface area (Å²) in [5, 5.41) is 12.5. The number of carboxylic acids is 1. The lowest BCUT2D eigenvalue weighted by Gasteiger charge is -2.19. The van der Waals surface area contributed by atoms with E-state index < -0.39 is 23.4 Å². The maximum Gasteiger partial charge on any atom is 0.434 e. The van der Waals surface area contributed by atoms with E-state index in [1.54, 1.807) is 12.1 Å². The average Bonchev–Trinajstić information content (AvgIpc) is 2.82. The molecule has 4 nitrogen and oxygen atoms in total. The second-order valence-corrected chi connectivity index (χ2v) is 5.92. The van der Waals surface area contributed by atoms with Gasteiger partial charge in [0, 0.05) is 0 Å². The molecule has 0 aliphatic rings.